The molecule has 1 aromatic heterocycles. The molecular weight excluding hydrogens is 511 g/mol. The van der Waals surface area contributed by atoms with Crippen molar-refractivity contribution >= 4 is 67.7 Å². The normalized spacial score (nSPS) is 11.1. The largest absolute Gasteiger partial charge is 0.436 e. The molecule has 0 spiro atoms. The lowest BCUT2D eigenvalue weighted by Crippen LogP contribution is -2.11. The molecule has 146 valence electrons. The fourth-order valence-corrected chi connectivity index (χ4v) is 4.19. The molecule has 0 bridgehead atoms. The van der Waals surface area contributed by atoms with E-state index in [1.807, 2.05) is 72.8 Å². The van der Waals surface area contributed by atoms with Gasteiger partial charge in [-0.15, -0.1) is 0 Å². The van der Waals surface area contributed by atoms with E-state index in [-0.39, 0.29) is 5.91 Å². The predicted molar refractivity (Wildman–Crippen MR) is 129 cm³/mol. The first-order valence-corrected chi connectivity index (χ1v) is 10.7. The maximum Gasteiger partial charge on any atom is 0.255 e. The highest BCUT2D eigenvalue weighted by molar-refractivity contribution is 14.1. The maximum absolute atomic E-state index is 12.5. The molecule has 0 aliphatic heterocycles. The zero-order valence-corrected chi connectivity index (χ0v) is 18.4. The summed E-state index contributed by atoms with van der Waals surface area (Å²) in [6.07, 6.45) is 0. The summed E-state index contributed by atoms with van der Waals surface area (Å²) in [6, 6.07) is 24.5. The highest BCUT2D eigenvalue weighted by atomic mass is 127. The van der Waals surface area contributed by atoms with E-state index in [2.05, 4.69) is 32.9 Å². The molecule has 0 atom stereocenters. The summed E-state index contributed by atoms with van der Waals surface area (Å²) in [6.45, 7) is 0. The minimum atomic E-state index is -0.166. The molecule has 0 fully saturated rings. The Morgan fingerprint density at radius 2 is 1.73 bits per heavy atom. The fraction of sp³-hybridized carbons (Fsp3) is 0. The predicted octanol–water partition coefficient (Wildman–Crippen LogP) is 7.16. The molecule has 6 heteroatoms. The van der Waals surface area contributed by atoms with Crippen LogP contribution in [0.25, 0.3) is 33.3 Å². The molecule has 0 unspecified atom stereocenters. The summed E-state index contributed by atoms with van der Waals surface area (Å²) < 4.78 is 7.00. The lowest BCUT2D eigenvalue weighted by Gasteiger charge is -2.05. The molecule has 4 aromatic carbocycles. The van der Waals surface area contributed by atoms with Gasteiger partial charge < -0.3 is 9.73 Å². The van der Waals surface area contributed by atoms with Crippen molar-refractivity contribution in [1.82, 2.24) is 4.98 Å². The molecule has 5 aromatic rings. The van der Waals surface area contributed by atoms with Gasteiger partial charge in [-0.05, 0) is 76.5 Å². The summed E-state index contributed by atoms with van der Waals surface area (Å²) in [7, 11) is 0. The van der Waals surface area contributed by atoms with Gasteiger partial charge in [-0.25, -0.2) is 4.98 Å². The number of aromatic nitrogens is 1. The Bertz CT molecular complexity index is 1430. The second-order valence-electron chi connectivity index (χ2n) is 6.81. The lowest BCUT2D eigenvalue weighted by molar-refractivity contribution is 0.102. The molecule has 5 rings (SSSR count). The van der Waals surface area contributed by atoms with E-state index in [0.29, 0.717) is 33.3 Å². The third kappa shape index (κ3) is 3.55. The van der Waals surface area contributed by atoms with Gasteiger partial charge in [-0.2, -0.15) is 0 Å². The van der Waals surface area contributed by atoms with E-state index in [4.69, 9.17) is 16.0 Å². The molecule has 30 heavy (non-hydrogen) atoms. The van der Waals surface area contributed by atoms with Crippen LogP contribution >= 0.6 is 34.2 Å². The van der Waals surface area contributed by atoms with Crippen LogP contribution in [0, 0.1) is 3.57 Å². The van der Waals surface area contributed by atoms with Gasteiger partial charge in [-0.3, -0.25) is 4.79 Å². The Hall–Kier alpha value is -2.90. The van der Waals surface area contributed by atoms with Crippen molar-refractivity contribution in [3.63, 3.8) is 0 Å². The summed E-state index contributed by atoms with van der Waals surface area (Å²) in [5.41, 5.74) is 3.46. The molecule has 1 N–H and O–H groups in total. The molecule has 0 saturated heterocycles. The zero-order valence-electron chi connectivity index (χ0n) is 15.5. The van der Waals surface area contributed by atoms with Crippen LogP contribution in [-0.2, 0) is 0 Å². The monoisotopic (exact) mass is 524 g/mol. The third-order valence-electron chi connectivity index (χ3n) is 4.83. The molecule has 1 heterocycles. The second kappa shape index (κ2) is 7.74. The summed E-state index contributed by atoms with van der Waals surface area (Å²) in [5, 5.41) is 5.53. The quantitative estimate of drug-likeness (QED) is 0.255. The summed E-state index contributed by atoms with van der Waals surface area (Å²) in [4.78, 5) is 17.2. The number of hydrogen-bond acceptors (Lipinski definition) is 3. The number of amides is 1. The number of hydrogen-bond donors (Lipinski definition) is 1. The second-order valence-corrected chi connectivity index (χ2v) is 8.46. The number of halogens is 2. The first-order chi connectivity index (χ1) is 14.6. The maximum atomic E-state index is 12.5. The zero-order chi connectivity index (χ0) is 20.7. The van der Waals surface area contributed by atoms with Gasteiger partial charge in [0.15, 0.2) is 5.58 Å². The van der Waals surface area contributed by atoms with Crippen LogP contribution < -0.4 is 5.32 Å². The Balaban J connectivity index is 1.51. The molecule has 1 amide bonds. The Morgan fingerprint density at radius 3 is 2.60 bits per heavy atom. The topological polar surface area (TPSA) is 55.1 Å². The van der Waals surface area contributed by atoms with E-state index >= 15 is 0 Å². The van der Waals surface area contributed by atoms with Crippen molar-refractivity contribution < 1.29 is 9.21 Å². The van der Waals surface area contributed by atoms with Gasteiger partial charge in [-0.1, -0.05) is 41.9 Å². The van der Waals surface area contributed by atoms with Crippen molar-refractivity contribution in [2.24, 2.45) is 0 Å². The van der Waals surface area contributed by atoms with Crippen molar-refractivity contribution in [3.8, 4) is 11.5 Å². The number of oxazole rings is 1. The average Bonchev–Trinajstić information content (AvgIpc) is 3.17. The Labute approximate surface area is 191 Å². The molecule has 0 saturated carbocycles. The molecule has 4 nitrogen and oxygen atoms in total. The number of nitrogens with one attached hydrogen (secondary N) is 1. The minimum absolute atomic E-state index is 0.166. The van der Waals surface area contributed by atoms with E-state index in [1.165, 1.54) is 0 Å². The van der Waals surface area contributed by atoms with E-state index in [0.717, 1.165) is 19.9 Å². The third-order valence-corrected chi connectivity index (χ3v) is 5.83. The highest BCUT2D eigenvalue weighted by Gasteiger charge is 2.14. The number of rotatable bonds is 3. The Morgan fingerprint density at radius 1 is 0.933 bits per heavy atom. The van der Waals surface area contributed by atoms with Crippen LogP contribution in [0.1, 0.15) is 10.4 Å². The summed E-state index contributed by atoms with van der Waals surface area (Å²) in [5.74, 6) is 0.347. The number of carbonyl (C=O) groups is 1. The average molecular weight is 525 g/mol. The van der Waals surface area contributed by atoms with Gasteiger partial charge in [0.05, 0.1) is 0 Å². The smallest absolute Gasteiger partial charge is 0.255 e. The number of benzene rings is 4. The molecular formula is C24H14ClIN2O2. The van der Waals surface area contributed by atoms with Gasteiger partial charge in [0, 0.05) is 30.8 Å². The van der Waals surface area contributed by atoms with E-state index < -0.39 is 0 Å². The lowest BCUT2D eigenvalue weighted by atomic mass is 10.0. The fourth-order valence-electron chi connectivity index (χ4n) is 3.41. The van der Waals surface area contributed by atoms with Crippen LogP contribution in [0.4, 0.5) is 5.69 Å². The van der Waals surface area contributed by atoms with Gasteiger partial charge in [0.1, 0.15) is 5.52 Å². The first-order valence-electron chi connectivity index (χ1n) is 9.23. The van der Waals surface area contributed by atoms with Crippen molar-refractivity contribution in [3.05, 3.63) is 93.0 Å². The molecule has 0 radical (unpaired) electrons. The van der Waals surface area contributed by atoms with Crippen LogP contribution in [0.15, 0.2) is 83.3 Å². The minimum Gasteiger partial charge on any atom is -0.436 e. The van der Waals surface area contributed by atoms with Crippen LogP contribution in [0.5, 0.6) is 0 Å². The van der Waals surface area contributed by atoms with Gasteiger partial charge in [0.2, 0.25) is 5.89 Å². The van der Waals surface area contributed by atoms with E-state index in [9.17, 15) is 4.79 Å². The number of anilines is 1. The number of carbonyl (C=O) groups excluding carboxylic acids is 1. The van der Waals surface area contributed by atoms with Gasteiger partial charge in [0.25, 0.3) is 5.91 Å². The highest BCUT2D eigenvalue weighted by Crippen LogP contribution is 2.34. The number of nitrogens with zero attached hydrogens (tertiary/aromatic N) is 1. The molecule has 0 aliphatic carbocycles. The van der Waals surface area contributed by atoms with E-state index in [1.54, 1.807) is 6.07 Å². The van der Waals surface area contributed by atoms with Crippen LogP contribution in [0.2, 0.25) is 5.02 Å². The van der Waals surface area contributed by atoms with Crippen molar-refractivity contribution in [1.29, 1.82) is 0 Å². The first kappa shape index (κ1) is 19.1. The summed E-state index contributed by atoms with van der Waals surface area (Å²) >= 11 is 8.52. The SMILES string of the molecule is O=C(Nc1ccc2oc(-c3cccc4c(Cl)cccc34)nc2c1)c1cccc(I)c1. The number of fused-ring (bicyclic) bond motifs is 2. The van der Waals surface area contributed by atoms with Crippen LogP contribution in [-0.4, -0.2) is 10.9 Å². The van der Waals surface area contributed by atoms with Crippen molar-refractivity contribution in [2.75, 3.05) is 5.32 Å². The van der Waals surface area contributed by atoms with Gasteiger partial charge >= 0.3 is 0 Å². The van der Waals surface area contributed by atoms with Crippen molar-refractivity contribution in [2.45, 2.75) is 0 Å². The van der Waals surface area contributed by atoms with Crippen LogP contribution in [0.3, 0.4) is 0 Å². The standard InChI is InChI=1S/C24H14ClIN2O2/c25-20-9-3-6-17-18(20)7-2-8-19(17)24-28-21-13-16(10-11-22(21)30-24)27-23(29)14-4-1-5-15(26)12-14/h1-13H,(H,27,29). The molecule has 0 aliphatic rings. The Kier molecular flexibility index (Phi) is 4.92.